The van der Waals surface area contributed by atoms with Gasteiger partial charge >= 0.3 is 11.9 Å². The lowest BCUT2D eigenvalue weighted by molar-refractivity contribution is 0.0594. The van der Waals surface area contributed by atoms with Gasteiger partial charge in [-0.25, -0.2) is 9.59 Å². The number of rotatable bonds is 6. The van der Waals surface area contributed by atoms with Gasteiger partial charge in [-0.05, 0) is 59.4 Å². The molecule has 0 fully saturated rings. The van der Waals surface area contributed by atoms with Gasteiger partial charge in [0.15, 0.2) is 0 Å². The quantitative estimate of drug-likeness (QED) is 0.619. The molecular weight excluding hydrogens is 360 g/mol. The number of thiophene rings is 1. The van der Waals surface area contributed by atoms with Crippen molar-refractivity contribution in [3.63, 3.8) is 0 Å². The molecule has 1 heterocycles. The van der Waals surface area contributed by atoms with Crippen LogP contribution in [0.3, 0.4) is 0 Å². The van der Waals surface area contributed by atoms with Gasteiger partial charge in [0, 0.05) is 0 Å². The van der Waals surface area contributed by atoms with Crippen molar-refractivity contribution in [2.45, 2.75) is 40.5 Å². The zero-order valence-corrected chi connectivity index (χ0v) is 17.9. The van der Waals surface area contributed by atoms with Crippen LogP contribution < -0.4 is 0 Å². The van der Waals surface area contributed by atoms with E-state index in [2.05, 4.69) is 37.2 Å². The van der Waals surface area contributed by atoms with Crippen LogP contribution in [0.2, 0.25) is 0 Å². The average Bonchev–Trinajstić information content (AvgIpc) is 3.08. The summed E-state index contributed by atoms with van der Waals surface area (Å²) < 4.78 is 9.28. The molecule has 5 heteroatoms. The van der Waals surface area contributed by atoms with Crippen LogP contribution in [-0.4, -0.2) is 26.2 Å². The number of esters is 2. The predicted octanol–water partition coefficient (Wildman–Crippen LogP) is 5.40. The fraction of sp³-hybridized carbons (Fsp3) is 0.455. The lowest BCUT2D eigenvalue weighted by Gasteiger charge is -2.06. The maximum Gasteiger partial charge on any atom is 0.348 e. The van der Waals surface area contributed by atoms with E-state index in [1.54, 1.807) is 6.07 Å². The van der Waals surface area contributed by atoms with Gasteiger partial charge < -0.3 is 9.47 Å². The lowest BCUT2D eigenvalue weighted by Crippen LogP contribution is -2.02. The maximum absolute atomic E-state index is 11.2. The van der Waals surface area contributed by atoms with E-state index in [9.17, 15) is 9.59 Å². The molecule has 0 spiro atoms. The fourth-order valence-electron chi connectivity index (χ4n) is 2.58. The summed E-state index contributed by atoms with van der Waals surface area (Å²) in [5.74, 6) is 0.721. The van der Waals surface area contributed by atoms with Crippen molar-refractivity contribution in [2.75, 3.05) is 14.2 Å². The Labute approximate surface area is 166 Å². The molecule has 1 aromatic heterocycles. The number of hydrogen-bond donors (Lipinski definition) is 0. The molecule has 0 unspecified atom stereocenters. The predicted molar refractivity (Wildman–Crippen MR) is 111 cm³/mol. The Morgan fingerprint density at radius 2 is 1.48 bits per heavy atom. The van der Waals surface area contributed by atoms with Gasteiger partial charge in [-0.2, -0.15) is 0 Å². The van der Waals surface area contributed by atoms with E-state index in [-0.39, 0.29) is 11.9 Å². The van der Waals surface area contributed by atoms with Crippen molar-refractivity contribution in [3.05, 3.63) is 57.3 Å². The second kappa shape index (κ2) is 11.5. The summed E-state index contributed by atoms with van der Waals surface area (Å²) in [7, 11) is 2.81. The summed E-state index contributed by atoms with van der Waals surface area (Å²) in [5, 5.41) is 2.02. The van der Waals surface area contributed by atoms with Crippen molar-refractivity contribution in [2.24, 2.45) is 11.8 Å². The van der Waals surface area contributed by atoms with Crippen LogP contribution in [0.4, 0.5) is 0 Å². The second-order valence-corrected chi connectivity index (χ2v) is 8.11. The Balaban J connectivity index is 0.000000271. The standard InChI is InChI=1S/C12H16O2.C10H14O2S/c1-9(2)7-10-5-4-6-11(8-10)12(13)14-3;1-7(2)4-8-5-9(13-6-8)10(11)12-3/h4-6,8-9H,7H2,1-3H3;5-7H,4H2,1-3H3. The molecule has 0 amide bonds. The number of benzene rings is 1. The summed E-state index contributed by atoms with van der Waals surface area (Å²) in [4.78, 5) is 23.0. The summed E-state index contributed by atoms with van der Waals surface area (Å²) in [6.45, 7) is 8.64. The van der Waals surface area contributed by atoms with Crippen LogP contribution in [0.25, 0.3) is 0 Å². The highest BCUT2D eigenvalue weighted by Crippen LogP contribution is 2.18. The van der Waals surface area contributed by atoms with E-state index in [4.69, 9.17) is 0 Å². The van der Waals surface area contributed by atoms with E-state index >= 15 is 0 Å². The summed E-state index contributed by atoms with van der Waals surface area (Å²) in [6.07, 6.45) is 2.01. The van der Waals surface area contributed by atoms with Crippen molar-refractivity contribution >= 4 is 23.3 Å². The molecule has 0 radical (unpaired) electrons. The molecule has 0 aliphatic rings. The highest BCUT2D eigenvalue weighted by molar-refractivity contribution is 7.12. The van der Waals surface area contributed by atoms with Gasteiger partial charge in [0.1, 0.15) is 4.88 Å². The molecule has 148 valence electrons. The topological polar surface area (TPSA) is 52.6 Å². The van der Waals surface area contributed by atoms with Gasteiger partial charge in [0.25, 0.3) is 0 Å². The third-order valence-corrected chi connectivity index (χ3v) is 4.64. The number of ether oxygens (including phenoxy) is 2. The highest BCUT2D eigenvalue weighted by atomic mass is 32.1. The van der Waals surface area contributed by atoms with Gasteiger partial charge in [-0.3, -0.25) is 0 Å². The monoisotopic (exact) mass is 390 g/mol. The van der Waals surface area contributed by atoms with Gasteiger partial charge in [-0.15, -0.1) is 11.3 Å². The Morgan fingerprint density at radius 3 is 2.04 bits per heavy atom. The first-order valence-corrected chi connectivity index (χ1v) is 9.97. The van der Waals surface area contributed by atoms with Gasteiger partial charge in [0.05, 0.1) is 19.8 Å². The highest BCUT2D eigenvalue weighted by Gasteiger charge is 2.09. The third kappa shape index (κ3) is 8.39. The minimum Gasteiger partial charge on any atom is -0.465 e. The maximum atomic E-state index is 11.2. The van der Waals surface area contributed by atoms with Crippen molar-refractivity contribution in [3.8, 4) is 0 Å². The Kier molecular flexibility index (Phi) is 9.79. The van der Waals surface area contributed by atoms with E-state index in [1.807, 2.05) is 29.6 Å². The average molecular weight is 391 g/mol. The molecule has 0 saturated carbocycles. The van der Waals surface area contributed by atoms with Crippen LogP contribution in [0.15, 0.2) is 35.7 Å². The van der Waals surface area contributed by atoms with Crippen molar-refractivity contribution in [1.82, 2.24) is 0 Å². The van der Waals surface area contributed by atoms with Crippen LogP contribution in [0.5, 0.6) is 0 Å². The molecular formula is C22H30O4S. The summed E-state index contributed by atoms with van der Waals surface area (Å²) in [6, 6.07) is 9.51. The molecule has 2 rings (SSSR count). The second-order valence-electron chi connectivity index (χ2n) is 7.20. The zero-order valence-electron chi connectivity index (χ0n) is 17.1. The lowest BCUT2D eigenvalue weighted by atomic mass is 10.0. The van der Waals surface area contributed by atoms with E-state index in [1.165, 1.54) is 36.7 Å². The summed E-state index contributed by atoms with van der Waals surface area (Å²) >= 11 is 1.45. The van der Waals surface area contributed by atoms with Crippen LogP contribution in [0.1, 0.15) is 58.9 Å². The molecule has 2 aromatic rings. The molecule has 0 aliphatic heterocycles. The molecule has 0 aliphatic carbocycles. The van der Waals surface area contributed by atoms with E-state index in [0.29, 0.717) is 22.3 Å². The largest absolute Gasteiger partial charge is 0.465 e. The van der Waals surface area contributed by atoms with Gasteiger partial charge in [-0.1, -0.05) is 39.8 Å². The molecule has 0 saturated heterocycles. The minimum absolute atomic E-state index is 0.236. The Morgan fingerprint density at radius 1 is 0.889 bits per heavy atom. The third-order valence-electron chi connectivity index (χ3n) is 3.68. The van der Waals surface area contributed by atoms with Gasteiger partial charge in [0.2, 0.25) is 0 Å². The van der Waals surface area contributed by atoms with Crippen molar-refractivity contribution < 1.29 is 19.1 Å². The number of methoxy groups -OCH3 is 2. The Bertz CT molecular complexity index is 731. The molecule has 27 heavy (non-hydrogen) atoms. The van der Waals surface area contributed by atoms with Crippen LogP contribution in [0, 0.1) is 11.8 Å². The number of hydrogen-bond acceptors (Lipinski definition) is 5. The molecule has 1 aromatic carbocycles. The first-order chi connectivity index (χ1) is 12.8. The minimum atomic E-state index is -0.268. The molecule has 0 atom stereocenters. The molecule has 4 nitrogen and oxygen atoms in total. The number of carbonyl (C=O) groups excluding carboxylic acids is 2. The number of carbonyl (C=O) groups is 2. The molecule has 0 bridgehead atoms. The first kappa shape index (κ1) is 22.9. The molecule has 0 N–H and O–H groups in total. The zero-order chi connectivity index (χ0) is 20.4. The fourth-order valence-corrected chi connectivity index (χ4v) is 3.42. The first-order valence-electron chi connectivity index (χ1n) is 9.09. The normalized spacial score (nSPS) is 10.4. The smallest absolute Gasteiger partial charge is 0.348 e. The van der Waals surface area contributed by atoms with Crippen LogP contribution >= 0.6 is 11.3 Å². The van der Waals surface area contributed by atoms with Crippen molar-refractivity contribution in [1.29, 1.82) is 0 Å². The SMILES string of the molecule is COC(=O)c1cc(CC(C)C)cs1.COC(=O)c1cccc(CC(C)C)c1. The van der Waals surface area contributed by atoms with Crippen LogP contribution in [-0.2, 0) is 22.3 Å². The van der Waals surface area contributed by atoms with E-state index in [0.717, 1.165) is 12.8 Å². The Hall–Kier alpha value is -2.14. The van der Waals surface area contributed by atoms with E-state index < -0.39 is 0 Å². The summed E-state index contributed by atoms with van der Waals surface area (Å²) in [5.41, 5.74) is 3.04.